The molecule has 3 rings (SSSR count). The van der Waals surface area contributed by atoms with E-state index in [-0.39, 0.29) is 11.6 Å². The summed E-state index contributed by atoms with van der Waals surface area (Å²) >= 11 is 0. The normalized spacial score (nSPS) is 10.4. The predicted octanol–water partition coefficient (Wildman–Crippen LogP) is 1.42. The van der Waals surface area contributed by atoms with Crippen molar-refractivity contribution in [3.05, 3.63) is 66.4 Å². The number of nitrogens with zero attached hydrogens (tertiary/aromatic N) is 5. The summed E-state index contributed by atoms with van der Waals surface area (Å²) in [6.45, 7) is 0.597. The number of nitrogens with one attached hydrogen (secondary N) is 1. The van der Waals surface area contributed by atoms with Crippen molar-refractivity contribution in [2.45, 2.75) is 12.8 Å². The van der Waals surface area contributed by atoms with Gasteiger partial charge in [0.25, 0.3) is 5.91 Å². The van der Waals surface area contributed by atoms with Gasteiger partial charge in [-0.25, -0.2) is 9.67 Å². The quantitative estimate of drug-likeness (QED) is 0.696. The summed E-state index contributed by atoms with van der Waals surface area (Å²) in [5.74, 6) is 0.291. The first-order chi connectivity index (χ1) is 11.3. The lowest BCUT2D eigenvalue weighted by molar-refractivity contribution is 0.0947. The van der Waals surface area contributed by atoms with Crippen LogP contribution >= 0.6 is 0 Å². The zero-order valence-corrected chi connectivity index (χ0v) is 12.5. The number of benzene rings is 1. The Hall–Kier alpha value is -3.09. The monoisotopic (exact) mass is 308 g/mol. The number of carbonyl (C=O) groups excluding carboxylic acids is 1. The number of hydrogen-bond donors (Lipinski definition) is 1. The summed E-state index contributed by atoms with van der Waals surface area (Å²) in [6.07, 6.45) is 4.74. The van der Waals surface area contributed by atoms with Gasteiger partial charge in [-0.05, 0) is 30.5 Å². The molecule has 0 fully saturated rings. The summed E-state index contributed by atoms with van der Waals surface area (Å²) in [7, 11) is 0. The maximum absolute atomic E-state index is 12.0. The van der Waals surface area contributed by atoms with E-state index in [4.69, 9.17) is 0 Å². The molecule has 7 nitrogen and oxygen atoms in total. The topological polar surface area (TPSA) is 85.6 Å². The fourth-order valence-corrected chi connectivity index (χ4v) is 2.12. The average Bonchev–Trinajstić information content (AvgIpc) is 3.14. The third-order valence-corrected chi connectivity index (χ3v) is 3.31. The van der Waals surface area contributed by atoms with Gasteiger partial charge in [0.2, 0.25) is 0 Å². The minimum absolute atomic E-state index is 0.226. The molecular formula is C16H16N6O. The summed E-state index contributed by atoms with van der Waals surface area (Å²) in [5, 5.41) is 14.7. The van der Waals surface area contributed by atoms with Crippen LogP contribution in [0.3, 0.4) is 0 Å². The molecular weight excluding hydrogens is 292 g/mol. The molecule has 0 aliphatic rings. The molecule has 23 heavy (non-hydrogen) atoms. The van der Waals surface area contributed by atoms with Crippen LogP contribution < -0.4 is 5.32 Å². The summed E-state index contributed by atoms with van der Waals surface area (Å²) in [4.78, 5) is 15.8. The molecule has 0 spiro atoms. The highest BCUT2D eigenvalue weighted by molar-refractivity contribution is 5.92. The van der Waals surface area contributed by atoms with E-state index in [1.807, 2.05) is 18.2 Å². The molecule has 116 valence electrons. The minimum Gasteiger partial charge on any atom is -0.351 e. The van der Waals surface area contributed by atoms with E-state index in [1.54, 1.807) is 12.1 Å². The highest BCUT2D eigenvalue weighted by atomic mass is 16.1. The van der Waals surface area contributed by atoms with Gasteiger partial charge in [0, 0.05) is 6.54 Å². The van der Waals surface area contributed by atoms with Crippen LogP contribution in [-0.2, 0) is 6.42 Å². The van der Waals surface area contributed by atoms with Gasteiger partial charge in [0.1, 0.15) is 12.7 Å². The zero-order valence-electron chi connectivity index (χ0n) is 12.5. The van der Waals surface area contributed by atoms with Gasteiger partial charge in [0.15, 0.2) is 11.5 Å². The molecule has 0 bridgehead atoms. The lowest BCUT2D eigenvalue weighted by Gasteiger charge is -2.05. The largest absolute Gasteiger partial charge is 0.351 e. The summed E-state index contributed by atoms with van der Waals surface area (Å²) < 4.78 is 1.48. The van der Waals surface area contributed by atoms with E-state index < -0.39 is 0 Å². The van der Waals surface area contributed by atoms with Crippen molar-refractivity contribution >= 4 is 5.91 Å². The van der Waals surface area contributed by atoms with Crippen molar-refractivity contribution in [1.82, 2.24) is 30.3 Å². The van der Waals surface area contributed by atoms with Gasteiger partial charge in [-0.1, -0.05) is 30.3 Å². The molecule has 0 aliphatic heterocycles. The lowest BCUT2D eigenvalue weighted by Crippen LogP contribution is -2.26. The van der Waals surface area contributed by atoms with Gasteiger partial charge >= 0.3 is 0 Å². The second kappa shape index (κ2) is 7.26. The molecule has 0 saturated heterocycles. The Morgan fingerprint density at radius 2 is 1.96 bits per heavy atom. The van der Waals surface area contributed by atoms with Gasteiger partial charge < -0.3 is 5.32 Å². The number of amides is 1. The molecule has 1 amide bonds. The van der Waals surface area contributed by atoms with Gasteiger partial charge in [0.05, 0.1) is 0 Å². The Balaban J connectivity index is 1.48. The van der Waals surface area contributed by atoms with Crippen molar-refractivity contribution in [1.29, 1.82) is 0 Å². The molecule has 2 heterocycles. The maximum atomic E-state index is 12.0. The third kappa shape index (κ3) is 3.97. The van der Waals surface area contributed by atoms with E-state index in [0.29, 0.717) is 12.4 Å². The molecule has 0 unspecified atom stereocenters. The van der Waals surface area contributed by atoms with Crippen LogP contribution in [-0.4, -0.2) is 37.4 Å². The van der Waals surface area contributed by atoms with Gasteiger partial charge in [-0.2, -0.15) is 5.10 Å². The van der Waals surface area contributed by atoms with Crippen LogP contribution in [0.5, 0.6) is 0 Å². The Bertz CT molecular complexity index is 740. The smallest absolute Gasteiger partial charge is 0.271 e. The van der Waals surface area contributed by atoms with Crippen LogP contribution in [0.2, 0.25) is 0 Å². The summed E-state index contributed by atoms with van der Waals surface area (Å²) in [6, 6.07) is 13.5. The van der Waals surface area contributed by atoms with E-state index >= 15 is 0 Å². The SMILES string of the molecule is O=C(NCCCc1ccccc1)c1ccc(-n2cncn2)nn1. The van der Waals surface area contributed by atoms with Crippen molar-refractivity contribution < 1.29 is 4.79 Å². The van der Waals surface area contributed by atoms with E-state index in [9.17, 15) is 4.79 Å². The van der Waals surface area contributed by atoms with Crippen molar-refractivity contribution in [3.8, 4) is 5.82 Å². The standard InChI is InChI=1S/C16H16N6O/c23-16(18-10-4-7-13-5-2-1-3-6-13)14-8-9-15(21-20-14)22-12-17-11-19-22/h1-3,5-6,8-9,11-12H,4,7,10H2,(H,18,23). The molecule has 1 N–H and O–H groups in total. The first-order valence-electron chi connectivity index (χ1n) is 7.34. The summed E-state index contributed by atoms with van der Waals surface area (Å²) in [5.41, 5.74) is 1.55. The first kappa shape index (κ1) is 14.8. The third-order valence-electron chi connectivity index (χ3n) is 3.31. The van der Waals surface area contributed by atoms with Crippen LogP contribution in [0.25, 0.3) is 5.82 Å². The molecule has 0 radical (unpaired) electrons. The minimum atomic E-state index is -0.226. The molecule has 0 saturated carbocycles. The molecule has 7 heteroatoms. The van der Waals surface area contributed by atoms with Crippen molar-refractivity contribution in [2.75, 3.05) is 6.54 Å². The van der Waals surface area contributed by atoms with E-state index in [0.717, 1.165) is 12.8 Å². The first-order valence-corrected chi connectivity index (χ1v) is 7.34. The number of aryl methyl sites for hydroxylation is 1. The average molecular weight is 308 g/mol. The maximum Gasteiger partial charge on any atom is 0.271 e. The van der Waals surface area contributed by atoms with Crippen LogP contribution in [0.15, 0.2) is 55.1 Å². The Kier molecular flexibility index (Phi) is 4.68. The highest BCUT2D eigenvalue weighted by Gasteiger charge is 2.08. The molecule has 2 aromatic heterocycles. The van der Waals surface area contributed by atoms with E-state index in [2.05, 4.69) is 37.7 Å². The Morgan fingerprint density at radius 3 is 2.65 bits per heavy atom. The molecule has 0 aliphatic carbocycles. The van der Waals surface area contributed by atoms with Gasteiger partial charge in [-0.15, -0.1) is 10.2 Å². The molecule has 3 aromatic rings. The number of hydrogen-bond acceptors (Lipinski definition) is 5. The molecule has 0 atom stereocenters. The fourth-order valence-electron chi connectivity index (χ4n) is 2.12. The zero-order chi connectivity index (χ0) is 15.9. The Labute approximate surface area is 133 Å². The fraction of sp³-hybridized carbons (Fsp3) is 0.188. The Morgan fingerprint density at radius 1 is 1.09 bits per heavy atom. The number of rotatable bonds is 6. The predicted molar refractivity (Wildman–Crippen MR) is 84.0 cm³/mol. The molecule has 1 aromatic carbocycles. The van der Waals surface area contributed by atoms with Gasteiger partial charge in [-0.3, -0.25) is 4.79 Å². The van der Waals surface area contributed by atoms with Crippen molar-refractivity contribution in [2.24, 2.45) is 0 Å². The van der Waals surface area contributed by atoms with Crippen LogP contribution in [0.1, 0.15) is 22.5 Å². The van der Waals surface area contributed by atoms with Crippen LogP contribution in [0.4, 0.5) is 0 Å². The van der Waals surface area contributed by atoms with E-state index in [1.165, 1.54) is 22.9 Å². The van der Waals surface area contributed by atoms with Crippen LogP contribution in [0, 0.1) is 0 Å². The number of carbonyl (C=O) groups is 1. The van der Waals surface area contributed by atoms with Crippen molar-refractivity contribution in [3.63, 3.8) is 0 Å². The lowest BCUT2D eigenvalue weighted by atomic mass is 10.1. The number of aromatic nitrogens is 5. The second-order valence-corrected chi connectivity index (χ2v) is 4.96. The highest BCUT2D eigenvalue weighted by Crippen LogP contribution is 2.03. The second-order valence-electron chi connectivity index (χ2n) is 4.96.